The number of nitrogens with one attached hydrogen (secondary N) is 2. The van der Waals surface area contributed by atoms with Crippen molar-refractivity contribution in [2.24, 2.45) is 0 Å². The van der Waals surface area contributed by atoms with Crippen molar-refractivity contribution in [3.63, 3.8) is 0 Å². The van der Waals surface area contributed by atoms with Gasteiger partial charge < -0.3 is 20.1 Å². The molecule has 0 radical (unpaired) electrons. The van der Waals surface area contributed by atoms with Crippen molar-refractivity contribution in [2.45, 2.75) is 19.6 Å². The first-order valence-corrected chi connectivity index (χ1v) is 8.42. The maximum Gasteiger partial charge on any atom is 0.251 e. The van der Waals surface area contributed by atoms with E-state index in [1.807, 2.05) is 38.2 Å². The van der Waals surface area contributed by atoms with Crippen molar-refractivity contribution in [3.8, 4) is 11.5 Å². The van der Waals surface area contributed by atoms with Gasteiger partial charge in [0.1, 0.15) is 6.61 Å². The van der Waals surface area contributed by atoms with Crippen LogP contribution in [0.1, 0.15) is 22.8 Å². The van der Waals surface area contributed by atoms with E-state index in [1.54, 1.807) is 25.3 Å². The molecule has 0 aliphatic carbocycles. The Labute approximate surface area is 165 Å². The van der Waals surface area contributed by atoms with Crippen molar-refractivity contribution < 1.29 is 14.3 Å². The normalized spacial score (nSPS) is 11.2. The zero-order chi connectivity index (χ0) is 18.2. The Morgan fingerprint density at radius 3 is 2.58 bits per heavy atom. The van der Waals surface area contributed by atoms with Crippen molar-refractivity contribution in [3.05, 3.63) is 58.6 Å². The van der Waals surface area contributed by atoms with Crippen LogP contribution in [0.15, 0.2) is 42.5 Å². The smallest absolute Gasteiger partial charge is 0.251 e. The molecular weight excluding hydrogens is 375 g/mol. The monoisotopic (exact) mass is 398 g/mol. The number of carbonyl (C=O) groups excluding carboxylic acids is 1. The summed E-state index contributed by atoms with van der Waals surface area (Å²) in [5, 5.41) is 6.59. The molecule has 1 atom stereocenters. The second-order valence-corrected chi connectivity index (χ2v) is 6.05. The molecule has 5 nitrogen and oxygen atoms in total. The first-order chi connectivity index (χ1) is 12.0. The van der Waals surface area contributed by atoms with Crippen molar-refractivity contribution >= 4 is 29.9 Å². The van der Waals surface area contributed by atoms with E-state index in [9.17, 15) is 4.79 Å². The maximum atomic E-state index is 12.2. The van der Waals surface area contributed by atoms with Gasteiger partial charge in [-0.2, -0.15) is 0 Å². The predicted octanol–water partition coefficient (Wildman–Crippen LogP) is 3.69. The van der Waals surface area contributed by atoms with E-state index in [1.165, 1.54) is 0 Å². The molecule has 2 aromatic rings. The molecule has 1 unspecified atom stereocenters. The van der Waals surface area contributed by atoms with Crippen molar-refractivity contribution in [2.75, 3.05) is 20.7 Å². The second kappa shape index (κ2) is 10.9. The number of halogens is 2. The Morgan fingerprint density at radius 2 is 1.92 bits per heavy atom. The lowest BCUT2D eigenvalue weighted by atomic mass is 10.1. The average molecular weight is 399 g/mol. The summed E-state index contributed by atoms with van der Waals surface area (Å²) < 4.78 is 11.1. The Kier molecular flexibility index (Phi) is 9.27. The molecular formula is C19H24Cl2N2O3. The lowest BCUT2D eigenvalue weighted by molar-refractivity contribution is 0.0950. The maximum absolute atomic E-state index is 12.2. The van der Waals surface area contributed by atoms with Gasteiger partial charge in [-0.15, -0.1) is 12.4 Å². The van der Waals surface area contributed by atoms with Crippen LogP contribution in [0.25, 0.3) is 0 Å². The fraction of sp³-hybridized carbons (Fsp3) is 0.316. The Morgan fingerprint density at radius 1 is 1.19 bits per heavy atom. The highest BCUT2D eigenvalue weighted by Gasteiger charge is 2.12. The van der Waals surface area contributed by atoms with Crippen molar-refractivity contribution in [1.82, 2.24) is 10.6 Å². The minimum absolute atomic E-state index is 0. The van der Waals surface area contributed by atoms with Crippen LogP contribution >= 0.6 is 24.0 Å². The van der Waals surface area contributed by atoms with Crippen LogP contribution in [0, 0.1) is 0 Å². The number of benzene rings is 2. The Bertz CT molecular complexity index is 726. The van der Waals surface area contributed by atoms with Gasteiger partial charge in [-0.05, 0) is 38.2 Å². The summed E-state index contributed by atoms with van der Waals surface area (Å²) in [7, 11) is 3.40. The lowest BCUT2D eigenvalue weighted by Crippen LogP contribution is -2.37. The number of carbonyl (C=O) groups is 1. The zero-order valence-electron chi connectivity index (χ0n) is 15.0. The van der Waals surface area contributed by atoms with E-state index < -0.39 is 0 Å². The molecule has 0 heterocycles. The van der Waals surface area contributed by atoms with E-state index >= 15 is 0 Å². The molecule has 0 saturated carbocycles. The number of hydrogen-bond acceptors (Lipinski definition) is 4. The Hall–Kier alpha value is -1.95. The molecule has 142 valence electrons. The third-order valence-electron chi connectivity index (χ3n) is 3.83. The molecule has 0 fully saturated rings. The summed E-state index contributed by atoms with van der Waals surface area (Å²) in [5.74, 6) is 0.905. The molecule has 0 bridgehead atoms. The topological polar surface area (TPSA) is 59.6 Å². The van der Waals surface area contributed by atoms with Gasteiger partial charge in [-0.1, -0.05) is 29.8 Å². The van der Waals surface area contributed by atoms with Gasteiger partial charge in [-0.3, -0.25) is 4.79 Å². The third kappa shape index (κ3) is 6.09. The lowest BCUT2D eigenvalue weighted by Gasteiger charge is -2.14. The molecule has 0 aliphatic rings. The van der Waals surface area contributed by atoms with Crippen LogP contribution in [0.2, 0.25) is 5.02 Å². The van der Waals surface area contributed by atoms with Crippen LogP contribution in [-0.4, -0.2) is 32.7 Å². The molecule has 0 spiro atoms. The molecule has 0 saturated heterocycles. The quantitative estimate of drug-likeness (QED) is 0.711. The van der Waals surface area contributed by atoms with Gasteiger partial charge in [0.2, 0.25) is 0 Å². The van der Waals surface area contributed by atoms with Crippen LogP contribution in [0.4, 0.5) is 0 Å². The molecule has 2 rings (SSSR count). The molecule has 2 aromatic carbocycles. The fourth-order valence-electron chi connectivity index (χ4n) is 2.15. The molecule has 2 N–H and O–H groups in total. The largest absolute Gasteiger partial charge is 0.493 e. The minimum Gasteiger partial charge on any atom is -0.493 e. The number of likely N-dealkylation sites (N-methyl/N-ethyl adjacent to an activating group) is 1. The Balaban J connectivity index is 0.00000338. The summed E-state index contributed by atoms with van der Waals surface area (Å²) in [5.41, 5.74) is 1.40. The molecule has 7 heteroatoms. The summed E-state index contributed by atoms with van der Waals surface area (Å²) in [6.45, 7) is 2.86. The minimum atomic E-state index is -0.155. The van der Waals surface area contributed by atoms with E-state index in [0.29, 0.717) is 35.2 Å². The van der Waals surface area contributed by atoms with Crippen LogP contribution < -0.4 is 20.1 Å². The van der Waals surface area contributed by atoms with Crippen LogP contribution in [-0.2, 0) is 6.61 Å². The first kappa shape index (κ1) is 22.1. The predicted molar refractivity (Wildman–Crippen MR) is 107 cm³/mol. The SMILES string of the molecule is CNC(C)CNC(=O)c1ccc(OCc2ccccc2Cl)c(OC)c1.Cl. The van der Waals surface area contributed by atoms with Gasteiger partial charge in [0, 0.05) is 28.7 Å². The van der Waals surface area contributed by atoms with E-state index in [0.717, 1.165) is 5.56 Å². The summed E-state index contributed by atoms with van der Waals surface area (Å²) in [6.07, 6.45) is 0. The number of rotatable bonds is 8. The summed E-state index contributed by atoms with van der Waals surface area (Å²) in [6, 6.07) is 12.8. The number of methoxy groups -OCH3 is 1. The molecule has 0 aromatic heterocycles. The number of ether oxygens (including phenoxy) is 2. The highest BCUT2D eigenvalue weighted by atomic mass is 35.5. The van der Waals surface area contributed by atoms with Gasteiger partial charge in [0.05, 0.1) is 7.11 Å². The average Bonchev–Trinajstić information content (AvgIpc) is 2.65. The van der Waals surface area contributed by atoms with Crippen molar-refractivity contribution in [1.29, 1.82) is 0 Å². The highest BCUT2D eigenvalue weighted by molar-refractivity contribution is 6.31. The standard InChI is InChI=1S/C19H23ClN2O3.ClH/c1-13(21-2)11-22-19(23)14-8-9-17(18(10-14)24-3)25-12-15-6-4-5-7-16(15)20;/h4-10,13,21H,11-12H2,1-3H3,(H,22,23);1H. The third-order valence-corrected chi connectivity index (χ3v) is 4.20. The van der Waals surface area contributed by atoms with E-state index in [-0.39, 0.29) is 24.4 Å². The second-order valence-electron chi connectivity index (χ2n) is 5.65. The summed E-state index contributed by atoms with van der Waals surface area (Å²) in [4.78, 5) is 12.2. The van der Waals surface area contributed by atoms with Crippen LogP contribution in [0.3, 0.4) is 0 Å². The fourth-order valence-corrected chi connectivity index (χ4v) is 2.34. The van der Waals surface area contributed by atoms with E-state index in [4.69, 9.17) is 21.1 Å². The van der Waals surface area contributed by atoms with Gasteiger partial charge in [0.25, 0.3) is 5.91 Å². The van der Waals surface area contributed by atoms with Crippen LogP contribution in [0.5, 0.6) is 11.5 Å². The number of hydrogen-bond donors (Lipinski definition) is 2. The van der Waals surface area contributed by atoms with Gasteiger partial charge in [0.15, 0.2) is 11.5 Å². The zero-order valence-corrected chi connectivity index (χ0v) is 16.6. The molecule has 0 aliphatic heterocycles. The molecule has 26 heavy (non-hydrogen) atoms. The van der Waals surface area contributed by atoms with E-state index in [2.05, 4.69) is 10.6 Å². The number of amides is 1. The first-order valence-electron chi connectivity index (χ1n) is 8.05. The summed E-state index contributed by atoms with van der Waals surface area (Å²) >= 11 is 6.13. The van der Waals surface area contributed by atoms with Gasteiger partial charge in [-0.25, -0.2) is 0 Å². The van der Waals surface area contributed by atoms with Gasteiger partial charge >= 0.3 is 0 Å². The highest BCUT2D eigenvalue weighted by Crippen LogP contribution is 2.29. The molecule has 1 amide bonds.